The number of carbonyl (C=O) groups is 2. The van der Waals surface area contributed by atoms with E-state index in [9.17, 15) is 9.59 Å². The average Bonchev–Trinajstić information content (AvgIpc) is 3.09. The molecule has 0 radical (unpaired) electrons. The number of hydrogen-bond acceptors (Lipinski definition) is 5. The summed E-state index contributed by atoms with van der Waals surface area (Å²) < 4.78 is 1.92. The van der Waals surface area contributed by atoms with Gasteiger partial charge in [-0.25, -0.2) is 4.79 Å². The average molecular weight is 444 g/mol. The molecule has 2 aromatic carbocycles. The van der Waals surface area contributed by atoms with Crippen LogP contribution in [0.15, 0.2) is 59.8 Å². The number of hydrogen-bond donors (Lipinski definition) is 2. The number of thioether (sulfide) groups is 1. The van der Waals surface area contributed by atoms with Crippen molar-refractivity contribution in [3.05, 3.63) is 65.2 Å². The van der Waals surface area contributed by atoms with E-state index in [-0.39, 0.29) is 11.8 Å². The fourth-order valence-corrected chi connectivity index (χ4v) is 3.69. The first-order chi connectivity index (χ1) is 14.4. The molecule has 0 aliphatic rings. The Balaban J connectivity index is 1.81. The predicted molar refractivity (Wildman–Crippen MR) is 119 cm³/mol. The molecule has 3 aromatic rings. The van der Waals surface area contributed by atoms with Crippen molar-refractivity contribution in [2.45, 2.75) is 31.6 Å². The second kappa shape index (κ2) is 10.3. The molecule has 0 saturated heterocycles. The lowest BCUT2D eigenvalue weighted by molar-refractivity contribution is -0.117. The van der Waals surface area contributed by atoms with Crippen LogP contribution < -0.4 is 10.6 Å². The minimum absolute atomic E-state index is 0.0287. The van der Waals surface area contributed by atoms with Crippen molar-refractivity contribution in [1.82, 2.24) is 25.4 Å². The van der Waals surface area contributed by atoms with Crippen molar-refractivity contribution in [2.75, 3.05) is 5.75 Å². The standard InChI is InChI=1S/C21H22ClN5O2S/c1-14(2)23-20(29)24-18(28)13-30-21-26-25-19(16-10-6-7-11-17(16)22)27(21)12-15-8-4-3-5-9-15/h3-11,14H,12-13H2,1-2H3,(H2,23,24,28,29). The smallest absolute Gasteiger partial charge is 0.321 e. The molecule has 9 heteroatoms. The van der Waals surface area contributed by atoms with Gasteiger partial charge in [-0.05, 0) is 31.5 Å². The number of nitrogens with zero attached hydrogens (tertiary/aromatic N) is 3. The lowest BCUT2D eigenvalue weighted by atomic mass is 10.2. The fourth-order valence-electron chi connectivity index (χ4n) is 2.74. The molecule has 0 atom stereocenters. The molecular formula is C21H22ClN5O2S. The summed E-state index contributed by atoms with van der Waals surface area (Å²) in [5.41, 5.74) is 1.82. The molecule has 0 unspecified atom stereocenters. The lowest BCUT2D eigenvalue weighted by Crippen LogP contribution is -2.43. The lowest BCUT2D eigenvalue weighted by Gasteiger charge is -2.12. The zero-order valence-electron chi connectivity index (χ0n) is 16.6. The molecule has 0 saturated carbocycles. The number of benzene rings is 2. The van der Waals surface area contributed by atoms with Crippen molar-refractivity contribution < 1.29 is 9.59 Å². The third-order valence-electron chi connectivity index (χ3n) is 4.02. The van der Waals surface area contributed by atoms with Gasteiger partial charge in [-0.2, -0.15) is 0 Å². The molecule has 7 nitrogen and oxygen atoms in total. The molecule has 1 aromatic heterocycles. The number of amides is 3. The Morgan fingerprint density at radius 1 is 1.07 bits per heavy atom. The van der Waals surface area contributed by atoms with Crippen LogP contribution in [0.25, 0.3) is 11.4 Å². The summed E-state index contributed by atoms with van der Waals surface area (Å²) in [6.45, 7) is 4.16. The SMILES string of the molecule is CC(C)NC(=O)NC(=O)CSc1nnc(-c2ccccc2Cl)n1Cc1ccccc1. The summed E-state index contributed by atoms with van der Waals surface area (Å²) in [6, 6.07) is 16.7. The van der Waals surface area contributed by atoms with E-state index in [0.29, 0.717) is 22.5 Å². The van der Waals surface area contributed by atoms with Gasteiger partial charge in [0, 0.05) is 11.6 Å². The third-order valence-corrected chi connectivity index (χ3v) is 5.32. The number of urea groups is 1. The molecule has 1 heterocycles. The summed E-state index contributed by atoms with van der Waals surface area (Å²) in [6.07, 6.45) is 0. The van der Waals surface area contributed by atoms with Gasteiger partial charge in [0.1, 0.15) is 0 Å². The van der Waals surface area contributed by atoms with E-state index in [1.165, 1.54) is 11.8 Å². The third kappa shape index (κ3) is 5.84. The Morgan fingerprint density at radius 3 is 2.47 bits per heavy atom. The van der Waals surface area contributed by atoms with Gasteiger partial charge in [0.25, 0.3) is 0 Å². The monoisotopic (exact) mass is 443 g/mol. The first kappa shape index (κ1) is 21.9. The van der Waals surface area contributed by atoms with Gasteiger partial charge < -0.3 is 5.32 Å². The molecule has 0 aliphatic heterocycles. The summed E-state index contributed by atoms with van der Waals surface area (Å²) in [4.78, 5) is 23.8. The molecule has 156 valence electrons. The van der Waals surface area contributed by atoms with Gasteiger partial charge >= 0.3 is 6.03 Å². The number of imide groups is 1. The number of halogens is 1. The molecule has 3 rings (SSSR count). The maximum Gasteiger partial charge on any atom is 0.321 e. The van der Waals surface area contributed by atoms with Crippen molar-refractivity contribution in [2.24, 2.45) is 0 Å². The summed E-state index contributed by atoms with van der Waals surface area (Å²) in [5, 5.41) is 14.6. The van der Waals surface area contributed by atoms with Crippen LogP contribution in [0.2, 0.25) is 5.02 Å². The zero-order valence-corrected chi connectivity index (χ0v) is 18.2. The van der Waals surface area contributed by atoms with Crippen molar-refractivity contribution >= 4 is 35.3 Å². The minimum Gasteiger partial charge on any atom is -0.336 e. The van der Waals surface area contributed by atoms with Gasteiger partial charge in [-0.1, -0.05) is 65.8 Å². The van der Waals surface area contributed by atoms with Gasteiger partial charge in [-0.15, -0.1) is 10.2 Å². The first-order valence-corrected chi connectivity index (χ1v) is 10.8. The highest BCUT2D eigenvalue weighted by Crippen LogP contribution is 2.29. The predicted octanol–water partition coefficient (Wildman–Crippen LogP) is 3.97. The Labute approximate surface area is 184 Å². The van der Waals surface area contributed by atoms with E-state index >= 15 is 0 Å². The highest BCUT2D eigenvalue weighted by Gasteiger charge is 2.18. The van der Waals surface area contributed by atoms with Crippen molar-refractivity contribution in [1.29, 1.82) is 0 Å². The van der Waals surface area contributed by atoms with E-state index in [2.05, 4.69) is 20.8 Å². The van der Waals surface area contributed by atoms with Crippen LogP contribution in [-0.4, -0.2) is 38.5 Å². The largest absolute Gasteiger partial charge is 0.336 e. The maximum absolute atomic E-state index is 12.1. The number of aromatic nitrogens is 3. The number of nitrogens with one attached hydrogen (secondary N) is 2. The molecule has 3 amide bonds. The topological polar surface area (TPSA) is 88.9 Å². The Bertz CT molecular complexity index is 1020. The summed E-state index contributed by atoms with van der Waals surface area (Å²) >= 11 is 7.58. The highest BCUT2D eigenvalue weighted by atomic mass is 35.5. The van der Waals surface area contributed by atoms with Crippen LogP contribution in [0.3, 0.4) is 0 Å². The van der Waals surface area contributed by atoms with Crippen LogP contribution in [0, 0.1) is 0 Å². The summed E-state index contributed by atoms with van der Waals surface area (Å²) in [7, 11) is 0. The van der Waals surface area contributed by atoms with Crippen LogP contribution in [-0.2, 0) is 11.3 Å². The summed E-state index contributed by atoms with van der Waals surface area (Å²) in [5.74, 6) is 0.234. The molecular weight excluding hydrogens is 422 g/mol. The quantitative estimate of drug-likeness (QED) is 0.539. The zero-order chi connectivity index (χ0) is 21.5. The van der Waals surface area contributed by atoms with Gasteiger partial charge in [0.05, 0.1) is 17.3 Å². The van der Waals surface area contributed by atoms with Crippen LogP contribution in [0.5, 0.6) is 0 Å². The molecule has 0 bridgehead atoms. The van der Waals surface area contributed by atoms with E-state index in [4.69, 9.17) is 11.6 Å². The van der Waals surface area contributed by atoms with Gasteiger partial charge in [-0.3, -0.25) is 14.7 Å². The first-order valence-electron chi connectivity index (χ1n) is 9.39. The molecule has 30 heavy (non-hydrogen) atoms. The van der Waals surface area contributed by atoms with E-state index in [0.717, 1.165) is 11.1 Å². The normalized spacial score (nSPS) is 10.8. The van der Waals surface area contributed by atoms with Gasteiger partial charge in [0.15, 0.2) is 11.0 Å². The van der Waals surface area contributed by atoms with E-state index in [1.54, 1.807) is 6.07 Å². The minimum atomic E-state index is -0.516. The molecule has 2 N–H and O–H groups in total. The fraction of sp³-hybridized carbons (Fsp3) is 0.238. The number of rotatable bonds is 7. The van der Waals surface area contributed by atoms with E-state index < -0.39 is 11.9 Å². The molecule has 0 spiro atoms. The van der Waals surface area contributed by atoms with Crippen LogP contribution in [0.1, 0.15) is 19.4 Å². The van der Waals surface area contributed by atoms with E-state index in [1.807, 2.05) is 66.9 Å². The molecule has 0 aliphatic carbocycles. The Hall–Kier alpha value is -2.84. The van der Waals surface area contributed by atoms with Crippen LogP contribution >= 0.6 is 23.4 Å². The second-order valence-corrected chi connectivity index (χ2v) is 8.17. The van der Waals surface area contributed by atoms with Crippen molar-refractivity contribution in [3.8, 4) is 11.4 Å². The second-order valence-electron chi connectivity index (χ2n) is 6.82. The Morgan fingerprint density at radius 2 is 1.77 bits per heavy atom. The van der Waals surface area contributed by atoms with Crippen molar-refractivity contribution in [3.63, 3.8) is 0 Å². The number of carbonyl (C=O) groups excluding carboxylic acids is 2. The van der Waals surface area contributed by atoms with Gasteiger partial charge in [0.2, 0.25) is 5.91 Å². The molecule has 0 fully saturated rings. The Kier molecular flexibility index (Phi) is 7.48. The highest BCUT2D eigenvalue weighted by molar-refractivity contribution is 7.99. The maximum atomic E-state index is 12.1. The van der Waals surface area contributed by atoms with Crippen LogP contribution in [0.4, 0.5) is 4.79 Å².